The van der Waals surface area contributed by atoms with Crippen molar-refractivity contribution in [3.05, 3.63) is 71.4 Å². The van der Waals surface area contributed by atoms with Gasteiger partial charge in [-0.1, -0.05) is 43.3 Å². The average Bonchev–Trinajstić information content (AvgIpc) is 3.35. The molecule has 2 saturated heterocycles. The van der Waals surface area contributed by atoms with Crippen LogP contribution in [0.1, 0.15) is 36.6 Å². The van der Waals surface area contributed by atoms with Crippen molar-refractivity contribution in [2.75, 3.05) is 57.3 Å². The fourth-order valence-electron chi connectivity index (χ4n) is 6.36. The van der Waals surface area contributed by atoms with Gasteiger partial charge in [-0.15, -0.1) is 0 Å². The monoisotopic (exact) mass is 469 g/mol. The van der Waals surface area contributed by atoms with Gasteiger partial charge in [0.1, 0.15) is 0 Å². The number of hydrogen-bond donors (Lipinski definition) is 0. The molecular formula is C30H39N5. The Hall–Kier alpha value is -2.47. The second-order valence-corrected chi connectivity index (χ2v) is 10.6. The van der Waals surface area contributed by atoms with E-state index in [0.717, 1.165) is 37.6 Å². The molecule has 0 spiro atoms. The van der Waals surface area contributed by atoms with Gasteiger partial charge in [0.2, 0.25) is 0 Å². The van der Waals surface area contributed by atoms with Crippen molar-refractivity contribution in [2.45, 2.75) is 45.3 Å². The molecule has 5 heteroatoms. The van der Waals surface area contributed by atoms with E-state index in [-0.39, 0.29) is 0 Å². The molecule has 0 bridgehead atoms. The summed E-state index contributed by atoms with van der Waals surface area (Å²) in [6.07, 6.45) is 3.60. The minimum Gasteiger partial charge on any atom is -0.371 e. The third kappa shape index (κ3) is 4.95. The fraction of sp³-hybridized carbons (Fsp3) is 0.500. The highest BCUT2D eigenvalue weighted by atomic mass is 15.3. The minimum atomic E-state index is 0.771. The quantitative estimate of drug-likeness (QED) is 0.533. The van der Waals surface area contributed by atoms with E-state index in [1.54, 1.807) is 5.56 Å². The highest BCUT2D eigenvalue weighted by Crippen LogP contribution is 2.34. The molecule has 3 aliphatic rings. The van der Waals surface area contributed by atoms with Crippen LogP contribution in [0.5, 0.6) is 0 Å². The number of anilines is 1. The number of piperidine rings is 1. The number of piperazine rings is 1. The Morgan fingerprint density at radius 1 is 0.800 bits per heavy atom. The molecule has 1 aromatic heterocycles. The number of hydrogen-bond acceptors (Lipinski definition) is 5. The molecule has 0 aliphatic carbocycles. The molecular weight excluding hydrogens is 430 g/mol. The number of para-hydroxylation sites is 1. The molecule has 3 aromatic rings. The van der Waals surface area contributed by atoms with Crippen LogP contribution in [0.15, 0.2) is 54.6 Å². The molecule has 0 N–H and O–H groups in total. The lowest BCUT2D eigenvalue weighted by Gasteiger charge is -2.43. The normalized spacial score (nSPS) is 20.5. The van der Waals surface area contributed by atoms with Crippen LogP contribution in [0.4, 0.5) is 5.69 Å². The van der Waals surface area contributed by atoms with Crippen molar-refractivity contribution in [3.8, 4) is 0 Å². The highest BCUT2D eigenvalue weighted by Gasteiger charge is 2.29. The first-order chi connectivity index (χ1) is 17.3. The summed E-state index contributed by atoms with van der Waals surface area (Å²) in [5, 5.41) is 1.22. The van der Waals surface area contributed by atoms with Crippen LogP contribution in [0.2, 0.25) is 0 Å². The second kappa shape index (κ2) is 10.3. The standard InChI is InChI=1S/C30H39N5/c1-2-32-18-20-34(21-19-32)27-13-16-35(17-14-27)30-9-5-7-25-22-33(23-28(25)30)15-12-26-11-10-24-6-3-4-8-29(24)31-26/h3-11,27H,2,12-23H2,1H3. The van der Waals surface area contributed by atoms with E-state index in [9.17, 15) is 0 Å². The molecule has 2 fully saturated rings. The largest absolute Gasteiger partial charge is 0.371 e. The molecule has 5 nitrogen and oxygen atoms in total. The van der Waals surface area contributed by atoms with Crippen molar-refractivity contribution in [3.63, 3.8) is 0 Å². The Bertz CT molecular complexity index is 1140. The Morgan fingerprint density at radius 3 is 2.46 bits per heavy atom. The highest BCUT2D eigenvalue weighted by molar-refractivity contribution is 5.78. The molecule has 3 aliphatic heterocycles. The van der Waals surface area contributed by atoms with E-state index in [4.69, 9.17) is 4.98 Å². The first kappa shape index (κ1) is 23.0. The first-order valence-electron chi connectivity index (χ1n) is 13.7. The molecule has 35 heavy (non-hydrogen) atoms. The summed E-state index contributed by atoms with van der Waals surface area (Å²) in [6.45, 7) is 14.0. The molecule has 184 valence electrons. The molecule has 0 radical (unpaired) electrons. The van der Waals surface area contributed by atoms with Crippen LogP contribution >= 0.6 is 0 Å². The summed E-state index contributed by atoms with van der Waals surface area (Å²) in [5.74, 6) is 0. The van der Waals surface area contributed by atoms with E-state index < -0.39 is 0 Å². The van der Waals surface area contributed by atoms with Gasteiger partial charge in [0.15, 0.2) is 0 Å². The number of likely N-dealkylation sites (N-methyl/N-ethyl adjacent to an activating group) is 1. The molecule has 4 heterocycles. The third-order valence-electron chi connectivity index (χ3n) is 8.54. The van der Waals surface area contributed by atoms with Gasteiger partial charge in [0.25, 0.3) is 0 Å². The number of rotatable bonds is 6. The minimum absolute atomic E-state index is 0.771. The Morgan fingerprint density at radius 2 is 1.63 bits per heavy atom. The number of pyridine rings is 1. The van der Waals surface area contributed by atoms with Gasteiger partial charge in [0, 0.05) is 88.1 Å². The Balaban J connectivity index is 1.05. The van der Waals surface area contributed by atoms with Crippen molar-refractivity contribution in [2.24, 2.45) is 0 Å². The maximum atomic E-state index is 4.89. The lowest BCUT2D eigenvalue weighted by molar-refractivity contribution is 0.0878. The molecule has 0 atom stereocenters. The third-order valence-corrected chi connectivity index (χ3v) is 8.54. The van der Waals surface area contributed by atoms with Crippen LogP contribution in [0.25, 0.3) is 10.9 Å². The van der Waals surface area contributed by atoms with E-state index in [1.165, 1.54) is 81.0 Å². The van der Waals surface area contributed by atoms with Crippen LogP contribution in [-0.2, 0) is 19.5 Å². The second-order valence-electron chi connectivity index (χ2n) is 10.6. The van der Waals surface area contributed by atoms with Gasteiger partial charge in [-0.25, -0.2) is 0 Å². The molecule has 2 aromatic carbocycles. The SMILES string of the molecule is CCN1CCN(C2CCN(c3cccc4c3CN(CCc3ccc5ccccc5n3)C4)CC2)CC1. The Labute approximate surface area is 210 Å². The number of benzene rings is 2. The first-order valence-corrected chi connectivity index (χ1v) is 13.7. The van der Waals surface area contributed by atoms with Gasteiger partial charge in [0.05, 0.1) is 5.52 Å². The van der Waals surface area contributed by atoms with Crippen molar-refractivity contribution >= 4 is 16.6 Å². The summed E-state index contributed by atoms with van der Waals surface area (Å²) >= 11 is 0. The van der Waals surface area contributed by atoms with Gasteiger partial charge in [-0.3, -0.25) is 14.8 Å². The average molecular weight is 470 g/mol. The zero-order valence-corrected chi connectivity index (χ0v) is 21.2. The van der Waals surface area contributed by atoms with Gasteiger partial charge in [-0.05, 0) is 48.7 Å². The maximum Gasteiger partial charge on any atom is 0.0705 e. The van der Waals surface area contributed by atoms with E-state index in [0.29, 0.717) is 0 Å². The summed E-state index contributed by atoms with van der Waals surface area (Å²) in [7, 11) is 0. The number of fused-ring (bicyclic) bond motifs is 2. The van der Waals surface area contributed by atoms with Crippen LogP contribution in [0, 0.1) is 0 Å². The molecule has 6 rings (SSSR count). The van der Waals surface area contributed by atoms with Crippen LogP contribution in [0.3, 0.4) is 0 Å². The smallest absolute Gasteiger partial charge is 0.0705 e. The summed E-state index contributed by atoms with van der Waals surface area (Å²) in [6, 6.07) is 20.6. The van der Waals surface area contributed by atoms with E-state index >= 15 is 0 Å². The predicted octanol–water partition coefficient (Wildman–Crippen LogP) is 4.40. The molecule has 0 unspecified atom stereocenters. The van der Waals surface area contributed by atoms with Gasteiger partial charge >= 0.3 is 0 Å². The van der Waals surface area contributed by atoms with Crippen molar-refractivity contribution in [1.29, 1.82) is 0 Å². The van der Waals surface area contributed by atoms with Crippen molar-refractivity contribution < 1.29 is 0 Å². The number of aromatic nitrogens is 1. The lowest BCUT2D eigenvalue weighted by Crippen LogP contribution is -2.53. The predicted molar refractivity (Wildman–Crippen MR) is 145 cm³/mol. The van der Waals surface area contributed by atoms with Crippen molar-refractivity contribution in [1.82, 2.24) is 19.7 Å². The summed E-state index contributed by atoms with van der Waals surface area (Å²) in [5.41, 5.74) is 6.87. The van der Waals surface area contributed by atoms with Gasteiger partial charge < -0.3 is 9.80 Å². The molecule has 0 amide bonds. The van der Waals surface area contributed by atoms with Crippen LogP contribution < -0.4 is 4.90 Å². The summed E-state index contributed by atoms with van der Waals surface area (Å²) in [4.78, 5) is 15.5. The number of nitrogens with zero attached hydrogens (tertiary/aromatic N) is 5. The van der Waals surface area contributed by atoms with Crippen LogP contribution in [-0.4, -0.2) is 78.1 Å². The zero-order valence-electron chi connectivity index (χ0n) is 21.2. The fourth-order valence-corrected chi connectivity index (χ4v) is 6.36. The zero-order chi connectivity index (χ0) is 23.6. The maximum absolute atomic E-state index is 4.89. The van der Waals surface area contributed by atoms with E-state index in [1.807, 2.05) is 0 Å². The van der Waals surface area contributed by atoms with Gasteiger partial charge in [-0.2, -0.15) is 0 Å². The summed E-state index contributed by atoms with van der Waals surface area (Å²) < 4.78 is 0. The molecule has 0 saturated carbocycles. The van der Waals surface area contributed by atoms with E-state index in [2.05, 4.69) is 81.1 Å². The Kier molecular flexibility index (Phi) is 6.73. The topological polar surface area (TPSA) is 25.9 Å². The lowest BCUT2D eigenvalue weighted by atomic mass is 9.99.